The summed E-state index contributed by atoms with van der Waals surface area (Å²) in [5.74, 6) is 0.577. The first-order valence-corrected chi connectivity index (χ1v) is 15.3. The molecule has 10 rings (SSSR count). The number of fused-ring (bicyclic) bond motifs is 8. The van der Waals surface area contributed by atoms with Crippen LogP contribution in [-0.2, 0) is 0 Å². The molecule has 0 aliphatic carbocycles. The van der Waals surface area contributed by atoms with Crippen LogP contribution in [0.4, 0.5) is 17.1 Å². The fourth-order valence-electron chi connectivity index (χ4n) is 6.77. The molecule has 0 N–H and O–H groups in total. The van der Waals surface area contributed by atoms with Gasteiger partial charge in [0.15, 0.2) is 11.2 Å². The summed E-state index contributed by atoms with van der Waals surface area (Å²) in [5.41, 5.74) is 8.67. The van der Waals surface area contributed by atoms with Crippen LogP contribution in [0.3, 0.4) is 0 Å². The van der Waals surface area contributed by atoms with E-state index in [1.807, 2.05) is 54.6 Å². The van der Waals surface area contributed by atoms with Gasteiger partial charge in [0.25, 0.3) is 0 Å². The van der Waals surface area contributed by atoms with E-state index in [0.717, 1.165) is 83.0 Å². The summed E-state index contributed by atoms with van der Waals surface area (Å²) in [6.07, 6.45) is 0. The summed E-state index contributed by atoms with van der Waals surface area (Å²) >= 11 is 0. The smallest absolute Gasteiger partial charge is 0.228 e. The third kappa shape index (κ3) is 3.72. The van der Waals surface area contributed by atoms with Crippen molar-refractivity contribution in [1.29, 1.82) is 0 Å². The molecule has 7 aromatic carbocycles. The number of rotatable bonds is 4. The first-order valence-electron chi connectivity index (χ1n) is 15.3. The van der Waals surface area contributed by atoms with Crippen LogP contribution in [0.2, 0.25) is 0 Å². The van der Waals surface area contributed by atoms with Crippen LogP contribution in [0.5, 0.6) is 0 Å². The van der Waals surface area contributed by atoms with Crippen LogP contribution in [0, 0.1) is 0 Å². The third-order valence-corrected chi connectivity index (χ3v) is 8.88. The second-order valence-electron chi connectivity index (χ2n) is 11.6. The van der Waals surface area contributed by atoms with Gasteiger partial charge in [-0.3, -0.25) is 0 Å². The maximum absolute atomic E-state index is 6.54. The Hall–Kier alpha value is -6.33. The Bertz CT molecular complexity index is 2750. The normalized spacial score (nSPS) is 11.9. The van der Waals surface area contributed by atoms with E-state index in [2.05, 4.69) is 95.9 Å². The zero-order valence-electron chi connectivity index (χ0n) is 24.5. The van der Waals surface area contributed by atoms with E-state index in [1.165, 1.54) is 5.39 Å². The number of para-hydroxylation sites is 4. The van der Waals surface area contributed by atoms with Crippen LogP contribution in [0.1, 0.15) is 0 Å². The van der Waals surface area contributed by atoms with Gasteiger partial charge in [-0.2, -0.15) is 0 Å². The maximum Gasteiger partial charge on any atom is 0.228 e. The molecule has 10 aromatic rings. The summed E-state index contributed by atoms with van der Waals surface area (Å²) in [7, 11) is 0. The van der Waals surface area contributed by atoms with Crippen molar-refractivity contribution in [3.8, 4) is 11.5 Å². The Morgan fingerprint density at radius 3 is 2.13 bits per heavy atom. The lowest BCUT2D eigenvalue weighted by Gasteiger charge is -2.26. The van der Waals surface area contributed by atoms with E-state index in [-0.39, 0.29) is 0 Å². The highest BCUT2D eigenvalue weighted by molar-refractivity contribution is 6.14. The highest BCUT2D eigenvalue weighted by Crippen LogP contribution is 2.45. The predicted molar refractivity (Wildman–Crippen MR) is 186 cm³/mol. The fourth-order valence-corrected chi connectivity index (χ4v) is 6.77. The van der Waals surface area contributed by atoms with Crippen molar-refractivity contribution in [2.24, 2.45) is 0 Å². The van der Waals surface area contributed by atoms with Gasteiger partial charge in [-0.05, 0) is 71.4 Å². The average Bonchev–Trinajstić information content (AvgIpc) is 3.82. The molecule has 0 atom stereocenters. The number of hydrogen-bond acceptors (Lipinski definition) is 5. The van der Waals surface area contributed by atoms with E-state index in [9.17, 15) is 0 Å². The van der Waals surface area contributed by atoms with Gasteiger partial charge >= 0.3 is 0 Å². The summed E-state index contributed by atoms with van der Waals surface area (Å²) < 4.78 is 19.3. The minimum Gasteiger partial charge on any atom is -0.456 e. The highest BCUT2D eigenvalue weighted by Gasteiger charge is 2.22. The number of aromatic nitrogens is 1. The molecule has 0 saturated heterocycles. The molecule has 3 aromatic heterocycles. The minimum atomic E-state index is 0.577. The molecule has 0 unspecified atom stereocenters. The first-order chi connectivity index (χ1) is 22.8. The first kappa shape index (κ1) is 25.0. The molecule has 0 saturated carbocycles. The molecule has 0 radical (unpaired) electrons. The fraction of sp³-hybridized carbons (Fsp3) is 0. The second-order valence-corrected chi connectivity index (χ2v) is 11.6. The van der Waals surface area contributed by atoms with Crippen molar-refractivity contribution in [2.75, 3.05) is 4.90 Å². The summed E-state index contributed by atoms with van der Waals surface area (Å²) in [6.45, 7) is 0. The van der Waals surface area contributed by atoms with Crippen LogP contribution in [0.25, 0.3) is 77.2 Å². The molecule has 216 valence electrons. The summed E-state index contributed by atoms with van der Waals surface area (Å²) in [6, 6.07) is 49.8. The lowest BCUT2D eigenvalue weighted by atomic mass is 10.0. The molecular formula is C41H24N2O3. The molecule has 0 fully saturated rings. The highest BCUT2D eigenvalue weighted by atomic mass is 16.4. The number of anilines is 3. The monoisotopic (exact) mass is 592 g/mol. The zero-order chi connectivity index (χ0) is 30.2. The van der Waals surface area contributed by atoms with Gasteiger partial charge in [-0.1, -0.05) is 78.9 Å². The van der Waals surface area contributed by atoms with Crippen molar-refractivity contribution < 1.29 is 13.3 Å². The zero-order valence-corrected chi connectivity index (χ0v) is 24.5. The largest absolute Gasteiger partial charge is 0.456 e. The molecule has 0 amide bonds. The Balaban J connectivity index is 1.21. The van der Waals surface area contributed by atoms with Crippen molar-refractivity contribution in [1.82, 2.24) is 4.98 Å². The molecular weight excluding hydrogens is 568 g/mol. The van der Waals surface area contributed by atoms with Crippen molar-refractivity contribution in [3.05, 3.63) is 146 Å². The van der Waals surface area contributed by atoms with E-state index in [1.54, 1.807) is 0 Å². The molecule has 46 heavy (non-hydrogen) atoms. The molecule has 0 bridgehead atoms. The van der Waals surface area contributed by atoms with Gasteiger partial charge in [0.1, 0.15) is 22.3 Å². The van der Waals surface area contributed by atoms with E-state index in [4.69, 9.17) is 18.2 Å². The van der Waals surface area contributed by atoms with Crippen LogP contribution in [0.15, 0.2) is 159 Å². The molecule has 0 aliphatic heterocycles. The van der Waals surface area contributed by atoms with Crippen molar-refractivity contribution in [3.63, 3.8) is 0 Å². The molecule has 3 heterocycles. The van der Waals surface area contributed by atoms with Crippen molar-refractivity contribution in [2.45, 2.75) is 0 Å². The number of furan rings is 2. The standard InChI is InChI=1S/C41H24N2O3/c1-2-10-26-23-27(20-19-25(26)9-1)43(34-15-7-12-30-29-11-3-5-16-35(29)45-40(30)34)28-21-22-31-38(24-28)44-37-18-8-13-32(39(31)37)41-42-33-14-4-6-17-36(33)46-41/h1-24H. The topological polar surface area (TPSA) is 55.6 Å². The SMILES string of the molecule is c1ccc2cc(N(c3ccc4c(c3)oc3cccc(-c5nc6ccccc6o5)c34)c3cccc4c3oc3ccccc34)ccc2c1. The molecule has 0 spiro atoms. The minimum absolute atomic E-state index is 0.577. The molecule has 0 aliphatic rings. The van der Waals surface area contributed by atoms with Gasteiger partial charge in [-0.25, -0.2) is 4.98 Å². The van der Waals surface area contributed by atoms with Gasteiger partial charge in [0.2, 0.25) is 5.89 Å². The lowest BCUT2D eigenvalue weighted by molar-refractivity contribution is 0.620. The van der Waals surface area contributed by atoms with Gasteiger partial charge in [0, 0.05) is 38.9 Å². The van der Waals surface area contributed by atoms with E-state index in [0.29, 0.717) is 5.89 Å². The Morgan fingerprint density at radius 2 is 1.20 bits per heavy atom. The summed E-state index contributed by atoms with van der Waals surface area (Å²) in [4.78, 5) is 7.04. The average molecular weight is 593 g/mol. The third-order valence-electron chi connectivity index (χ3n) is 8.88. The number of hydrogen-bond donors (Lipinski definition) is 0. The van der Waals surface area contributed by atoms with Crippen LogP contribution < -0.4 is 4.90 Å². The van der Waals surface area contributed by atoms with Crippen LogP contribution >= 0.6 is 0 Å². The van der Waals surface area contributed by atoms with Gasteiger partial charge < -0.3 is 18.2 Å². The Labute approximate surface area is 262 Å². The van der Waals surface area contributed by atoms with Crippen LogP contribution in [-0.4, -0.2) is 4.98 Å². The Kier molecular flexibility index (Phi) is 5.22. The second kappa shape index (κ2) is 9.58. The van der Waals surface area contributed by atoms with Gasteiger partial charge in [-0.15, -0.1) is 0 Å². The number of benzene rings is 7. The Morgan fingerprint density at radius 1 is 0.457 bits per heavy atom. The lowest BCUT2D eigenvalue weighted by Crippen LogP contribution is -2.10. The van der Waals surface area contributed by atoms with Gasteiger partial charge in [0.05, 0.1) is 11.4 Å². The predicted octanol–water partition coefficient (Wildman–Crippen LogP) is 11.9. The summed E-state index contributed by atoms with van der Waals surface area (Å²) in [5, 5.41) is 6.50. The molecule has 5 nitrogen and oxygen atoms in total. The van der Waals surface area contributed by atoms with E-state index < -0.39 is 0 Å². The maximum atomic E-state index is 6.54. The van der Waals surface area contributed by atoms with E-state index >= 15 is 0 Å². The quantitative estimate of drug-likeness (QED) is 0.203. The number of oxazole rings is 1. The number of nitrogens with zero attached hydrogens (tertiary/aromatic N) is 2. The van der Waals surface area contributed by atoms with Crippen molar-refractivity contribution >= 4 is 82.8 Å². The molecule has 5 heteroatoms.